The second-order valence-corrected chi connectivity index (χ2v) is 3.21. The summed E-state index contributed by atoms with van der Waals surface area (Å²) < 4.78 is 57.7. The number of nitriles is 1. The van der Waals surface area contributed by atoms with Crippen molar-refractivity contribution in [3.8, 4) is 11.8 Å². The molecule has 19 heavy (non-hydrogen) atoms. The highest BCUT2D eigenvalue weighted by molar-refractivity contribution is 5.90. The van der Waals surface area contributed by atoms with Crippen molar-refractivity contribution in [1.82, 2.24) is 0 Å². The summed E-state index contributed by atoms with van der Waals surface area (Å²) in [6.07, 6.45) is -5.06. The topological polar surface area (TPSA) is 59.3 Å². The van der Waals surface area contributed by atoms with E-state index >= 15 is 0 Å². The van der Waals surface area contributed by atoms with Crippen LogP contribution < -0.4 is 4.74 Å². The molecule has 0 unspecified atom stereocenters. The number of rotatable bonds is 3. The zero-order valence-corrected chi connectivity index (χ0v) is 9.55. The molecule has 0 N–H and O–H groups in total. The number of carbonyl (C=O) groups excluding carboxylic acids is 1. The third-order valence-electron chi connectivity index (χ3n) is 1.91. The number of esters is 1. The third-order valence-corrected chi connectivity index (χ3v) is 1.91. The van der Waals surface area contributed by atoms with Crippen molar-refractivity contribution in [2.24, 2.45) is 0 Å². The average molecular weight is 277 g/mol. The Hall–Kier alpha value is -2.30. The van der Waals surface area contributed by atoms with E-state index in [2.05, 4.69) is 9.47 Å². The van der Waals surface area contributed by atoms with Crippen molar-refractivity contribution in [1.29, 1.82) is 5.26 Å². The smallest absolute Gasteiger partial charge is 0.462 e. The Kier molecular flexibility index (Phi) is 4.32. The Morgan fingerprint density at radius 2 is 2.05 bits per heavy atom. The van der Waals surface area contributed by atoms with Gasteiger partial charge in [-0.25, -0.2) is 9.18 Å². The Balaban J connectivity index is 3.26. The highest BCUT2D eigenvalue weighted by Gasteiger charge is 2.33. The van der Waals surface area contributed by atoms with Crippen LogP contribution in [0.3, 0.4) is 0 Å². The average Bonchev–Trinajstić information content (AvgIpc) is 2.29. The summed E-state index contributed by atoms with van der Waals surface area (Å²) in [5, 5.41) is 8.59. The molecule has 1 aromatic rings. The summed E-state index contributed by atoms with van der Waals surface area (Å²) >= 11 is 0. The molecule has 0 fully saturated rings. The summed E-state index contributed by atoms with van der Waals surface area (Å²) in [7, 11) is 0. The first-order chi connectivity index (χ1) is 8.78. The van der Waals surface area contributed by atoms with Gasteiger partial charge in [0, 0.05) is 0 Å². The molecule has 0 spiro atoms. The van der Waals surface area contributed by atoms with E-state index in [0.29, 0.717) is 12.1 Å². The van der Waals surface area contributed by atoms with Gasteiger partial charge in [0.05, 0.1) is 17.7 Å². The molecular weight excluding hydrogens is 270 g/mol. The molecule has 0 bridgehead atoms. The highest BCUT2D eigenvalue weighted by atomic mass is 19.4. The molecule has 0 aliphatic heterocycles. The SMILES string of the molecule is CCOC(=O)c1cc(OC(F)(F)F)c(C#N)cc1F. The van der Waals surface area contributed by atoms with Crippen LogP contribution in [0.1, 0.15) is 22.8 Å². The standard InChI is InChI=1S/C11H7F4NO3/c1-2-18-10(17)7-4-9(19-11(13,14)15)6(5-16)3-8(7)12/h3-4H,2H2,1H3. The summed E-state index contributed by atoms with van der Waals surface area (Å²) in [6, 6.07) is 2.30. The summed E-state index contributed by atoms with van der Waals surface area (Å²) in [5.41, 5.74) is -1.41. The lowest BCUT2D eigenvalue weighted by atomic mass is 10.1. The fourth-order valence-corrected chi connectivity index (χ4v) is 1.22. The highest BCUT2D eigenvalue weighted by Crippen LogP contribution is 2.28. The maximum absolute atomic E-state index is 13.4. The van der Waals surface area contributed by atoms with Gasteiger partial charge >= 0.3 is 12.3 Å². The van der Waals surface area contributed by atoms with Crippen molar-refractivity contribution in [3.63, 3.8) is 0 Å². The van der Waals surface area contributed by atoms with Crippen LogP contribution in [0, 0.1) is 17.1 Å². The lowest BCUT2D eigenvalue weighted by Gasteiger charge is -2.12. The van der Waals surface area contributed by atoms with E-state index in [-0.39, 0.29) is 6.61 Å². The van der Waals surface area contributed by atoms with Crippen LogP contribution in [-0.2, 0) is 4.74 Å². The Bertz CT molecular complexity index is 534. The number of alkyl halides is 3. The minimum Gasteiger partial charge on any atom is -0.462 e. The van der Waals surface area contributed by atoms with E-state index in [4.69, 9.17) is 5.26 Å². The molecule has 0 radical (unpaired) electrons. The number of hydrogen-bond acceptors (Lipinski definition) is 4. The quantitative estimate of drug-likeness (QED) is 0.629. The van der Waals surface area contributed by atoms with Gasteiger partial charge in [0.2, 0.25) is 0 Å². The maximum Gasteiger partial charge on any atom is 0.573 e. The molecule has 0 atom stereocenters. The summed E-state index contributed by atoms with van der Waals surface area (Å²) in [6.45, 7) is 1.38. The predicted molar refractivity (Wildman–Crippen MR) is 53.8 cm³/mol. The van der Waals surface area contributed by atoms with Crippen LogP contribution in [0.15, 0.2) is 12.1 Å². The van der Waals surface area contributed by atoms with E-state index in [0.717, 1.165) is 0 Å². The van der Waals surface area contributed by atoms with Crippen LogP contribution in [0.5, 0.6) is 5.75 Å². The van der Waals surface area contributed by atoms with Gasteiger partial charge in [0.25, 0.3) is 0 Å². The summed E-state index contributed by atoms with van der Waals surface area (Å²) in [5.74, 6) is -3.26. The van der Waals surface area contributed by atoms with E-state index < -0.39 is 35.0 Å². The van der Waals surface area contributed by atoms with Crippen LogP contribution >= 0.6 is 0 Å². The number of ether oxygens (including phenoxy) is 2. The third kappa shape index (κ3) is 3.84. The molecule has 0 saturated carbocycles. The van der Waals surface area contributed by atoms with Gasteiger partial charge in [0.15, 0.2) is 0 Å². The van der Waals surface area contributed by atoms with Crippen LogP contribution in [0.4, 0.5) is 17.6 Å². The van der Waals surface area contributed by atoms with E-state index in [1.807, 2.05) is 0 Å². The zero-order valence-electron chi connectivity index (χ0n) is 9.55. The molecule has 4 nitrogen and oxygen atoms in total. The molecule has 102 valence electrons. The van der Waals surface area contributed by atoms with Crippen molar-refractivity contribution in [2.45, 2.75) is 13.3 Å². The lowest BCUT2D eigenvalue weighted by molar-refractivity contribution is -0.274. The van der Waals surface area contributed by atoms with Gasteiger partial charge in [-0.15, -0.1) is 13.2 Å². The number of nitrogens with zero attached hydrogens (tertiary/aromatic N) is 1. The molecule has 8 heteroatoms. The number of halogens is 4. The minimum atomic E-state index is -5.06. The molecule has 0 saturated heterocycles. The Morgan fingerprint density at radius 1 is 1.42 bits per heavy atom. The molecule has 0 heterocycles. The molecule has 0 aromatic heterocycles. The first kappa shape index (κ1) is 14.8. The van der Waals surface area contributed by atoms with E-state index in [9.17, 15) is 22.4 Å². The minimum absolute atomic E-state index is 0.0757. The van der Waals surface area contributed by atoms with Crippen LogP contribution in [0.25, 0.3) is 0 Å². The van der Waals surface area contributed by atoms with Crippen LogP contribution in [0.2, 0.25) is 0 Å². The van der Waals surface area contributed by atoms with E-state index in [1.165, 1.54) is 13.0 Å². The molecule has 0 aliphatic carbocycles. The number of hydrogen-bond donors (Lipinski definition) is 0. The molecular formula is C11H7F4NO3. The zero-order chi connectivity index (χ0) is 14.6. The fourth-order valence-electron chi connectivity index (χ4n) is 1.22. The Labute approximate surface area is 105 Å². The first-order valence-electron chi connectivity index (χ1n) is 4.95. The second kappa shape index (κ2) is 5.56. The van der Waals surface area contributed by atoms with Crippen molar-refractivity contribution < 1.29 is 31.8 Å². The molecule has 0 aliphatic rings. The number of carbonyl (C=O) groups is 1. The summed E-state index contributed by atoms with van der Waals surface area (Å²) in [4.78, 5) is 11.3. The van der Waals surface area contributed by atoms with Crippen molar-refractivity contribution in [2.75, 3.05) is 6.61 Å². The second-order valence-electron chi connectivity index (χ2n) is 3.21. The van der Waals surface area contributed by atoms with Crippen molar-refractivity contribution in [3.05, 3.63) is 29.1 Å². The fraction of sp³-hybridized carbons (Fsp3) is 0.273. The number of benzene rings is 1. The Morgan fingerprint density at radius 3 is 2.53 bits per heavy atom. The predicted octanol–water partition coefficient (Wildman–Crippen LogP) is 2.77. The van der Waals surface area contributed by atoms with Gasteiger partial charge in [-0.2, -0.15) is 5.26 Å². The normalized spacial score (nSPS) is 10.7. The van der Waals surface area contributed by atoms with E-state index in [1.54, 1.807) is 0 Å². The van der Waals surface area contributed by atoms with Gasteiger partial charge in [0.1, 0.15) is 17.6 Å². The monoisotopic (exact) mass is 277 g/mol. The molecule has 1 rings (SSSR count). The van der Waals surface area contributed by atoms with Gasteiger partial charge in [-0.1, -0.05) is 0 Å². The largest absolute Gasteiger partial charge is 0.573 e. The maximum atomic E-state index is 13.4. The first-order valence-corrected chi connectivity index (χ1v) is 4.95. The lowest BCUT2D eigenvalue weighted by Crippen LogP contribution is -2.19. The van der Waals surface area contributed by atoms with Gasteiger partial charge in [-0.3, -0.25) is 0 Å². The van der Waals surface area contributed by atoms with Gasteiger partial charge in [-0.05, 0) is 19.1 Å². The molecule has 1 aromatic carbocycles. The van der Waals surface area contributed by atoms with Crippen LogP contribution in [-0.4, -0.2) is 18.9 Å². The van der Waals surface area contributed by atoms with Crippen molar-refractivity contribution >= 4 is 5.97 Å². The molecule has 0 amide bonds. The van der Waals surface area contributed by atoms with Gasteiger partial charge < -0.3 is 9.47 Å².